The smallest absolute Gasteiger partial charge is 0.226 e. The Morgan fingerprint density at radius 3 is 2.61 bits per heavy atom. The summed E-state index contributed by atoms with van der Waals surface area (Å²) >= 11 is 1.40. The van der Waals surface area contributed by atoms with Gasteiger partial charge >= 0.3 is 0 Å². The maximum Gasteiger partial charge on any atom is 0.226 e. The molecule has 0 fully saturated rings. The number of hydrogen-bond acceptors (Lipinski definition) is 5. The van der Waals surface area contributed by atoms with Crippen molar-refractivity contribution in [3.63, 3.8) is 0 Å². The highest BCUT2D eigenvalue weighted by molar-refractivity contribution is 7.14. The molecule has 0 spiro atoms. The lowest BCUT2D eigenvalue weighted by molar-refractivity contribution is -0.117. The molecule has 1 N–H and O–H groups in total. The van der Waals surface area contributed by atoms with E-state index in [9.17, 15) is 4.79 Å². The van der Waals surface area contributed by atoms with Crippen molar-refractivity contribution in [3.05, 3.63) is 23.6 Å². The number of aromatic nitrogens is 1. The Labute approximate surface area is 140 Å². The third kappa shape index (κ3) is 4.69. The van der Waals surface area contributed by atoms with Gasteiger partial charge in [-0.15, -0.1) is 11.3 Å². The van der Waals surface area contributed by atoms with Crippen molar-refractivity contribution in [2.24, 2.45) is 5.41 Å². The van der Waals surface area contributed by atoms with Crippen LogP contribution < -0.4 is 14.8 Å². The summed E-state index contributed by atoms with van der Waals surface area (Å²) < 4.78 is 10.6. The molecule has 1 amide bonds. The Morgan fingerprint density at radius 2 is 2.00 bits per heavy atom. The molecule has 1 aromatic carbocycles. The van der Waals surface area contributed by atoms with Crippen LogP contribution in [-0.2, 0) is 4.79 Å². The van der Waals surface area contributed by atoms with Gasteiger partial charge < -0.3 is 14.8 Å². The number of ether oxygens (including phenoxy) is 2. The minimum Gasteiger partial charge on any atom is -0.497 e. The first-order chi connectivity index (χ1) is 10.8. The monoisotopic (exact) mass is 334 g/mol. The molecule has 6 heteroatoms. The third-order valence-corrected chi connectivity index (χ3v) is 3.88. The van der Waals surface area contributed by atoms with Crippen LogP contribution in [0.1, 0.15) is 27.2 Å². The van der Waals surface area contributed by atoms with Crippen molar-refractivity contribution in [1.82, 2.24) is 4.98 Å². The molecule has 0 radical (unpaired) electrons. The van der Waals surface area contributed by atoms with Gasteiger partial charge in [0.25, 0.3) is 0 Å². The molecule has 124 valence electrons. The second-order valence-electron chi connectivity index (χ2n) is 6.39. The van der Waals surface area contributed by atoms with Gasteiger partial charge in [0.15, 0.2) is 5.13 Å². The summed E-state index contributed by atoms with van der Waals surface area (Å²) in [5, 5.41) is 5.34. The number of benzene rings is 1. The summed E-state index contributed by atoms with van der Waals surface area (Å²) in [5.74, 6) is 1.38. The maximum atomic E-state index is 12.0. The number of carbonyl (C=O) groups is 1. The molecule has 1 aromatic heterocycles. The molecule has 1 heterocycles. The fraction of sp³-hybridized carbons (Fsp3) is 0.412. The number of nitrogens with one attached hydrogen (secondary N) is 1. The van der Waals surface area contributed by atoms with E-state index >= 15 is 0 Å². The Balaban J connectivity index is 2.18. The number of nitrogens with zero attached hydrogens (tertiary/aromatic N) is 1. The lowest BCUT2D eigenvalue weighted by atomic mass is 9.92. The molecular weight excluding hydrogens is 312 g/mol. The summed E-state index contributed by atoms with van der Waals surface area (Å²) in [7, 11) is 3.22. The predicted octanol–water partition coefficient (Wildman–Crippen LogP) is 4.20. The van der Waals surface area contributed by atoms with Crippen LogP contribution in [0.15, 0.2) is 23.6 Å². The highest BCUT2D eigenvalue weighted by atomic mass is 32.1. The molecule has 0 saturated carbocycles. The zero-order chi connectivity index (χ0) is 17.0. The van der Waals surface area contributed by atoms with Gasteiger partial charge in [-0.1, -0.05) is 20.8 Å². The van der Waals surface area contributed by atoms with Gasteiger partial charge in [-0.2, -0.15) is 0 Å². The Bertz CT molecular complexity index is 689. The van der Waals surface area contributed by atoms with Gasteiger partial charge in [-0.05, 0) is 17.5 Å². The van der Waals surface area contributed by atoms with Crippen molar-refractivity contribution in [2.45, 2.75) is 27.2 Å². The number of amides is 1. The molecule has 5 nitrogen and oxygen atoms in total. The van der Waals surface area contributed by atoms with Crippen LogP contribution in [0.5, 0.6) is 11.5 Å². The van der Waals surface area contributed by atoms with Crippen molar-refractivity contribution < 1.29 is 14.3 Å². The molecule has 0 aliphatic heterocycles. The van der Waals surface area contributed by atoms with E-state index in [1.807, 2.05) is 44.4 Å². The van der Waals surface area contributed by atoms with E-state index in [0.717, 1.165) is 17.0 Å². The number of thiazole rings is 1. The minimum atomic E-state index is -0.0522. The van der Waals surface area contributed by atoms with E-state index in [-0.39, 0.29) is 11.3 Å². The van der Waals surface area contributed by atoms with E-state index in [1.54, 1.807) is 14.2 Å². The van der Waals surface area contributed by atoms with Crippen molar-refractivity contribution in [1.29, 1.82) is 0 Å². The molecule has 0 unspecified atom stereocenters. The van der Waals surface area contributed by atoms with E-state index in [0.29, 0.717) is 17.3 Å². The van der Waals surface area contributed by atoms with Crippen LogP contribution in [0.3, 0.4) is 0 Å². The molecule has 0 aliphatic carbocycles. The number of hydrogen-bond donors (Lipinski definition) is 1. The minimum absolute atomic E-state index is 0.0277. The molecule has 0 aliphatic rings. The molecule has 2 aromatic rings. The number of anilines is 1. The highest BCUT2D eigenvalue weighted by Gasteiger charge is 2.17. The third-order valence-electron chi connectivity index (χ3n) is 3.13. The van der Waals surface area contributed by atoms with E-state index in [1.165, 1.54) is 11.3 Å². The fourth-order valence-electron chi connectivity index (χ4n) is 2.11. The first-order valence-corrected chi connectivity index (χ1v) is 8.18. The summed E-state index contributed by atoms with van der Waals surface area (Å²) in [5.41, 5.74) is 1.57. The second-order valence-corrected chi connectivity index (χ2v) is 7.25. The zero-order valence-electron chi connectivity index (χ0n) is 14.1. The summed E-state index contributed by atoms with van der Waals surface area (Å²) in [4.78, 5) is 16.5. The lowest BCUT2D eigenvalue weighted by Crippen LogP contribution is -2.19. The van der Waals surface area contributed by atoms with Crippen LogP contribution in [0.4, 0.5) is 5.13 Å². The average molecular weight is 334 g/mol. The van der Waals surface area contributed by atoms with Crippen LogP contribution in [0.25, 0.3) is 11.3 Å². The van der Waals surface area contributed by atoms with Crippen molar-refractivity contribution in [3.8, 4) is 22.8 Å². The normalized spacial score (nSPS) is 11.2. The Morgan fingerprint density at radius 1 is 1.26 bits per heavy atom. The van der Waals surface area contributed by atoms with Crippen LogP contribution in [0.2, 0.25) is 0 Å². The van der Waals surface area contributed by atoms with Gasteiger partial charge in [0, 0.05) is 23.4 Å². The summed E-state index contributed by atoms with van der Waals surface area (Å²) in [6.07, 6.45) is 0.452. The topological polar surface area (TPSA) is 60.5 Å². The lowest BCUT2D eigenvalue weighted by Gasteiger charge is -2.16. The molecule has 2 rings (SSSR count). The second kappa shape index (κ2) is 7.00. The van der Waals surface area contributed by atoms with E-state index < -0.39 is 0 Å². The Kier molecular flexibility index (Phi) is 5.26. The van der Waals surface area contributed by atoms with Crippen LogP contribution in [-0.4, -0.2) is 25.1 Å². The first kappa shape index (κ1) is 17.3. The average Bonchev–Trinajstić information content (AvgIpc) is 2.92. The largest absolute Gasteiger partial charge is 0.497 e. The van der Waals surface area contributed by atoms with Gasteiger partial charge in [-0.25, -0.2) is 4.98 Å². The van der Waals surface area contributed by atoms with Gasteiger partial charge in [0.2, 0.25) is 5.91 Å². The van der Waals surface area contributed by atoms with Gasteiger partial charge in [0.1, 0.15) is 11.5 Å². The molecule has 0 saturated heterocycles. The Hall–Kier alpha value is -2.08. The van der Waals surface area contributed by atoms with Crippen LogP contribution >= 0.6 is 11.3 Å². The molecular formula is C17H22N2O3S. The summed E-state index contributed by atoms with van der Waals surface area (Å²) in [6, 6.07) is 5.56. The number of rotatable bonds is 5. The van der Waals surface area contributed by atoms with Gasteiger partial charge in [-0.3, -0.25) is 4.79 Å². The van der Waals surface area contributed by atoms with Crippen LogP contribution in [0, 0.1) is 5.41 Å². The van der Waals surface area contributed by atoms with Crippen molar-refractivity contribution >= 4 is 22.4 Å². The summed E-state index contributed by atoms with van der Waals surface area (Å²) in [6.45, 7) is 6.09. The highest BCUT2D eigenvalue weighted by Crippen LogP contribution is 2.35. The maximum absolute atomic E-state index is 12.0. The molecule has 0 atom stereocenters. The SMILES string of the molecule is COc1ccc(-c2csc(NC(=O)CC(C)(C)C)n2)c(OC)c1. The van der Waals surface area contributed by atoms with E-state index in [4.69, 9.17) is 9.47 Å². The standard InChI is InChI=1S/C17H22N2O3S/c1-17(2,3)9-15(20)19-16-18-13(10-23-16)12-7-6-11(21-4)8-14(12)22-5/h6-8,10H,9H2,1-5H3,(H,18,19,20). The fourth-order valence-corrected chi connectivity index (χ4v) is 2.84. The molecule has 23 heavy (non-hydrogen) atoms. The van der Waals surface area contributed by atoms with E-state index in [2.05, 4.69) is 10.3 Å². The quantitative estimate of drug-likeness (QED) is 0.890. The number of methoxy groups -OCH3 is 2. The first-order valence-electron chi connectivity index (χ1n) is 7.30. The predicted molar refractivity (Wildman–Crippen MR) is 93.4 cm³/mol. The zero-order valence-corrected chi connectivity index (χ0v) is 14.9. The molecule has 0 bridgehead atoms. The van der Waals surface area contributed by atoms with Crippen molar-refractivity contribution in [2.75, 3.05) is 19.5 Å². The van der Waals surface area contributed by atoms with Gasteiger partial charge in [0.05, 0.1) is 19.9 Å². The number of carbonyl (C=O) groups excluding carboxylic acids is 1.